The molecule has 0 spiro atoms. The summed E-state index contributed by atoms with van der Waals surface area (Å²) in [5, 5.41) is 9.00. The van der Waals surface area contributed by atoms with Crippen molar-refractivity contribution in [3.05, 3.63) is 70.8 Å². The van der Waals surface area contributed by atoms with E-state index in [0.29, 0.717) is 17.8 Å². The maximum Gasteiger partial charge on any atom is 0.303 e. The van der Waals surface area contributed by atoms with Crippen LogP contribution in [0.1, 0.15) is 53.4 Å². The van der Waals surface area contributed by atoms with Crippen molar-refractivity contribution in [3.8, 4) is 0 Å². The van der Waals surface area contributed by atoms with Crippen LogP contribution in [0.4, 0.5) is 0 Å². The fraction of sp³-hybridized carbons (Fsp3) is 0.316. The molecule has 2 aromatic rings. The maximum atomic E-state index is 10.9. The lowest BCUT2D eigenvalue weighted by Crippen LogP contribution is -2.32. The second-order valence-electron chi connectivity index (χ2n) is 6.22. The van der Waals surface area contributed by atoms with Gasteiger partial charge in [-0.05, 0) is 41.0 Å². The Bertz CT molecular complexity index is 657. The lowest BCUT2D eigenvalue weighted by Gasteiger charge is -2.45. The molecule has 5 rings (SSSR count). The molecule has 3 aliphatic rings. The highest BCUT2D eigenvalue weighted by Gasteiger charge is 2.42. The molecule has 2 heteroatoms. The Morgan fingerprint density at radius 3 is 2.00 bits per heavy atom. The van der Waals surface area contributed by atoms with E-state index in [-0.39, 0.29) is 6.42 Å². The number of carboxylic acids is 1. The topological polar surface area (TPSA) is 37.3 Å². The average molecular weight is 278 g/mol. The van der Waals surface area contributed by atoms with Gasteiger partial charge in [0.25, 0.3) is 0 Å². The summed E-state index contributed by atoms with van der Waals surface area (Å²) in [6.45, 7) is 0. The summed E-state index contributed by atoms with van der Waals surface area (Å²) in [5.41, 5.74) is 5.74. The largest absolute Gasteiger partial charge is 0.481 e. The highest BCUT2D eigenvalue weighted by atomic mass is 16.4. The number of hydrogen-bond donors (Lipinski definition) is 1. The van der Waals surface area contributed by atoms with E-state index in [2.05, 4.69) is 48.5 Å². The first-order chi connectivity index (χ1) is 10.3. The van der Waals surface area contributed by atoms with Crippen LogP contribution in [0.5, 0.6) is 0 Å². The molecule has 2 aromatic carbocycles. The maximum absolute atomic E-state index is 10.9. The molecule has 21 heavy (non-hydrogen) atoms. The number of carbonyl (C=O) groups is 1. The van der Waals surface area contributed by atoms with Crippen LogP contribution in [-0.4, -0.2) is 11.1 Å². The van der Waals surface area contributed by atoms with Gasteiger partial charge in [0.15, 0.2) is 0 Å². The van der Waals surface area contributed by atoms with Gasteiger partial charge in [-0.3, -0.25) is 4.79 Å². The van der Waals surface area contributed by atoms with E-state index in [9.17, 15) is 4.79 Å². The first-order valence-corrected chi connectivity index (χ1v) is 7.65. The van der Waals surface area contributed by atoms with Gasteiger partial charge in [0.2, 0.25) is 0 Å². The zero-order valence-electron chi connectivity index (χ0n) is 11.8. The van der Waals surface area contributed by atoms with Gasteiger partial charge in [-0.25, -0.2) is 0 Å². The Morgan fingerprint density at radius 2 is 1.48 bits per heavy atom. The molecule has 0 aliphatic heterocycles. The van der Waals surface area contributed by atoms with Crippen LogP contribution in [-0.2, 0) is 4.79 Å². The average Bonchev–Trinajstić information content (AvgIpc) is 2.53. The first kappa shape index (κ1) is 12.6. The Morgan fingerprint density at radius 1 is 0.952 bits per heavy atom. The van der Waals surface area contributed by atoms with Crippen molar-refractivity contribution in [2.45, 2.75) is 31.1 Å². The van der Waals surface area contributed by atoms with Gasteiger partial charge in [-0.2, -0.15) is 0 Å². The number of rotatable bonds is 3. The van der Waals surface area contributed by atoms with Crippen LogP contribution in [0.25, 0.3) is 0 Å². The summed E-state index contributed by atoms with van der Waals surface area (Å²) >= 11 is 0. The fourth-order valence-electron chi connectivity index (χ4n) is 4.35. The molecule has 0 saturated heterocycles. The molecule has 1 unspecified atom stereocenters. The molecule has 0 amide bonds. The van der Waals surface area contributed by atoms with Crippen molar-refractivity contribution in [1.82, 2.24) is 0 Å². The predicted octanol–water partition coefficient (Wildman–Crippen LogP) is 4.15. The number of hydrogen-bond acceptors (Lipinski definition) is 1. The normalized spacial score (nSPS) is 25.2. The standard InChI is InChI=1S/C19H18O2/c20-18(21)10-9-12-11-17-13-5-1-3-7-15(13)19(12)16-8-4-2-6-14(16)17/h1-8,12,17,19H,9-11H2,(H,20,21). The molecule has 3 aliphatic carbocycles. The van der Waals surface area contributed by atoms with Crippen LogP contribution in [0, 0.1) is 5.92 Å². The van der Waals surface area contributed by atoms with Gasteiger partial charge in [0.1, 0.15) is 0 Å². The number of fused-ring (bicyclic) bond motifs is 1. The fourth-order valence-corrected chi connectivity index (χ4v) is 4.35. The number of aliphatic carboxylic acids is 1. The van der Waals surface area contributed by atoms with Gasteiger partial charge >= 0.3 is 5.97 Å². The van der Waals surface area contributed by atoms with E-state index >= 15 is 0 Å². The highest BCUT2D eigenvalue weighted by Crippen LogP contribution is 2.56. The van der Waals surface area contributed by atoms with Crippen molar-refractivity contribution in [2.24, 2.45) is 5.92 Å². The van der Waals surface area contributed by atoms with Crippen molar-refractivity contribution in [1.29, 1.82) is 0 Å². The Balaban J connectivity index is 1.81. The molecule has 2 bridgehead atoms. The summed E-state index contributed by atoms with van der Waals surface area (Å²) in [5.74, 6) is 0.594. The predicted molar refractivity (Wildman–Crippen MR) is 81.5 cm³/mol. The smallest absolute Gasteiger partial charge is 0.303 e. The van der Waals surface area contributed by atoms with Gasteiger partial charge in [-0.15, -0.1) is 0 Å². The summed E-state index contributed by atoms with van der Waals surface area (Å²) in [4.78, 5) is 10.9. The third kappa shape index (κ3) is 1.90. The second kappa shape index (κ2) is 4.73. The third-order valence-electron chi connectivity index (χ3n) is 5.15. The molecule has 0 heterocycles. The molecule has 1 atom stereocenters. The molecule has 1 N–H and O–H groups in total. The summed E-state index contributed by atoms with van der Waals surface area (Å²) in [6.07, 6.45) is 2.14. The van der Waals surface area contributed by atoms with Gasteiger partial charge in [0, 0.05) is 18.3 Å². The van der Waals surface area contributed by atoms with E-state index < -0.39 is 5.97 Å². The van der Waals surface area contributed by atoms with Crippen molar-refractivity contribution in [3.63, 3.8) is 0 Å². The van der Waals surface area contributed by atoms with Crippen LogP contribution in [0.3, 0.4) is 0 Å². The molecular formula is C19H18O2. The minimum absolute atomic E-state index is 0.276. The van der Waals surface area contributed by atoms with E-state index in [4.69, 9.17) is 5.11 Å². The molecule has 0 saturated carbocycles. The van der Waals surface area contributed by atoms with Crippen molar-refractivity contribution < 1.29 is 9.90 Å². The summed E-state index contributed by atoms with van der Waals surface area (Å²) < 4.78 is 0. The number of carboxylic acid groups (broad SMARTS) is 1. The Kier molecular flexibility index (Phi) is 2.85. The van der Waals surface area contributed by atoms with E-state index in [1.807, 2.05) is 0 Å². The van der Waals surface area contributed by atoms with Gasteiger partial charge < -0.3 is 5.11 Å². The molecule has 2 nitrogen and oxygen atoms in total. The molecular weight excluding hydrogens is 260 g/mol. The monoisotopic (exact) mass is 278 g/mol. The van der Waals surface area contributed by atoms with E-state index in [0.717, 1.165) is 12.8 Å². The first-order valence-electron chi connectivity index (χ1n) is 7.65. The lowest BCUT2D eigenvalue weighted by molar-refractivity contribution is -0.137. The molecule has 0 radical (unpaired) electrons. The van der Waals surface area contributed by atoms with Crippen LogP contribution in [0.15, 0.2) is 48.5 Å². The van der Waals surface area contributed by atoms with E-state index in [1.54, 1.807) is 0 Å². The zero-order valence-corrected chi connectivity index (χ0v) is 11.8. The lowest BCUT2D eigenvalue weighted by atomic mass is 9.58. The van der Waals surface area contributed by atoms with E-state index in [1.165, 1.54) is 22.3 Å². The van der Waals surface area contributed by atoms with Crippen LogP contribution >= 0.6 is 0 Å². The zero-order chi connectivity index (χ0) is 14.4. The van der Waals surface area contributed by atoms with Crippen molar-refractivity contribution >= 4 is 5.97 Å². The van der Waals surface area contributed by atoms with Crippen LogP contribution in [0.2, 0.25) is 0 Å². The van der Waals surface area contributed by atoms with Crippen LogP contribution < -0.4 is 0 Å². The minimum Gasteiger partial charge on any atom is -0.481 e. The Labute approximate surface area is 124 Å². The SMILES string of the molecule is O=C(O)CCC1CC2c3ccccc3C1c1ccccc12. The quantitative estimate of drug-likeness (QED) is 0.915. The molecule has 106 valence electrons. The van der Waals surface area contributed by atoms with Gasteiger partial charge in [0.05, 0.1) is 0 Å². The summed E-state index contributed by atoms with van der Waals surface area (Å²) in [7, 11) is 0. The van der Waals surface area contributed by atoms with Gasteiger partial charge in [-0.1, -0.05) is 48.5 Å². The molecule has 0 aromatic heterocycles. The summed E-state index contributed by atoms with van der Waals surface area (Å²) in [6, 6.07) is 17.4. The minimum atomic E-state index is -0.682. The third-order valence-corrected chi connectivity index (χ3v) is 5.15. The highest BCUT2D eigenvalue weighted by molar-refractivity contribution is 5.66. The second-order valence-corrected chi connectivity index (χ2v) is 6.22. The van der Waals surface area contributed by atoms with Crippen molar-refractivity contribution in [2.75, 3.05) is 0 Å². The number of benzene rings is 2. The molecule has 0 fully saturated rings. The Hall–Kier alpha value is -2.09.